The fourth-order valence-corrected chi connectivity index (χ4v) is 1.16. The van der Waals surface area contributed by atoms with Gasteiger partial charge in [0.05, 0.1) is 0 Å². The van der Waals surface area contributed by atoms with Gasteiger partial charge < -0.3 is 12.3 Å². The van der Waals surface area contributed by atoms with Crippen LogP contribution >= 0.6 is 0 Å². The first-order valence-corrected chi connectivity index (χ1v) is 3.97. The van der Waals surface area contributed by atoms with Gasteiger partial charge in [-0.15, -0.1) is 0 Å². The predicted molar refractivity (Wildman–Crippen MR) is 49.0 cm³/mol. The van der Waals surface area contributed by atoms with Crippen molar-refractivity contribution in [2.45, 2.75) is 27.2 Å². The second-order valence-electron chi connectivity index (χ2n) is 2.66. The summed E-state index contributed by atoms with van der Waals surface area (Å²) >= 11 is 0. The Labute approximate surface area is 85.3 Å². The van der Waals surface area contributed by atoms with E-state index in [1.54, 1.807) is 0 Å². The molecule has 1 aliphatic rings. The van der Waals surface area contributed by atoms with Gasteiger partial charge in [-0.2, -0.15) is 0 Å². The van der Waals surface area contributed by atoms with Gasteiger partial charge in [0.15, 0.2) is 0 Å². The minimum absolute atomic E-state index is 0. The van der Waals surface area contributed by atoms with Crippen LogP contribution in [0.25, 0.3) is 0 Å². The van der Waals surface area contributed by atoms with Crippen molar-refractivity contribution in [3.8, 4) is 0 Å². The first-order chi connectivity index (χ1) is 4.29. The van der Waals surface area contributed by atoms with Gasteiger partial charge in [-0.1, -0.05) is 20.8 Å². The quantitative estimate of drug-likeness (QED) is 0.469. The first-order valence-electron chi connectivity index (χ1n) is 3.97. The van der Waals surface area contributed by atoms with Crippen LogP contribution in [0.4, 0.5) is 0 Å². The Morgan fingerprint density at radius 1 is 1.27 bits per heavy atom. The molecule has 0 spiro atoms. The normalized spacial score (nSPS) is 22.4. The van der Waals surface area contributed by atoms with Crippen molar-refractivity contribution in [3.05, 3.63) is 7.43 Å². The molecule has 0 aliphatic carbocycles. The molecular weight excluding hydrogens is 225 g/mol. The molecule has 1 unspecified atom stereocenters. The standard InChI is InChI=1S/C6H13N.C2H6.CH3.Rh/c1-6-3-4-7(2)5-6;1-2;;/h6H,3-5H2,1-2H3;1-2H3;1H3;/q;;-1;. The number of hydrogen-bond acceptors (Lipinski definition) is 1. The second-order valence-corrected chi connectivity index (χ2v) is 2.66. The van der Waals surface area contributed by atoms with Gasteiger partial charge in [0.2, 0.25) is 0 Å². The Balaban J connectivity index is -0.000000149. The summed E-state index contributed by atoms with van der Waals surface area (Å²) in [6.45, 7) is 8.92. The molecule has 1 radical (unpaired) electrons. The van der Waals surface area contributed by atoms with Gasteiger partial charge in [-0.3, -0.25) is 0 Å². The van der Waals surface area contributed by atoms with Crippen molar-refractivity contribution in [2.24, 2.45) is 5.92 Å². The summed E-state index contributed by atoms with van der Waals surface area (Å²) in [6, 6.07) is 0. The van der Waals surface area contributed by atoms with Crippen LogP contribution in [0.2, 0.25) is 0 Å². The van der Waals surface area contributed by atoms with E-state index in [0.29, 0.717) is 0 Å². The molecule has 11 heavy (non-hydrogen) atoms. The van der Waals surface area contributed by atoms with E-state index in [1.165, 1.54) is 19.5 Å². The van der Waals surface area contributed by atoms with E-state index in [-0.39, 0.29) is 26.9 Å². The van der Waals surface area contributed by atoms with Crippen molar-refractivity contribution >= 4 is 0 Å². The Hall–Kier alpha value is 0.583. The van der Waals surface area contributed by atoms with E-state index >= 15 is 0 Å². The molecule has 0 saturated carbocycles. The summed E-state index contributed by atoms with van der Waals surface area (Å²) < 4.78 is 0. The van der Waals surface area contributed by atoms with Crippen LogP contribution in [0.15, 0.2) is 0 Å². The number of likely N-dealkylation sites (tertiary alicyclic amines) is 1. The zero-order chi connectivity index (χ0) is 7.28. The van der Waals surface area contributed by atoms with E-state index in [2.05, 4.69) is 18.9 Å². The SMILES string of the molecule is CC.CC1CCN(C)C1.[CH3-].[Rh]. The van der Waals surface area contributed by atoms with Gasteiger partial charge in [0.25, 0.3) is 0 Å². The fourth-order valence-electron chi connectivity index (χ4n) is 1.16. The molecule has 1 saturated heterocycles. The molecule has 0 aromatic carbocycles. The topological polar surface area (TPSA) is 3.24 Å². The van der Waals surface area contributed by atoms with Crippen LogP contribution in [-0.4, -0.2) is 25.0 Å². The molecular formula is C9H22NRh-. The summed E-state index contributed by atoms with van der Waals surface area (Å²) in [5.41, 5.74) is 0. The molecule has 73 valence electrons. The van der Waals surface area contributed by atoms with E-state index in [1.807, 2.05) is 13.8 Å². The third kappa shape index (κ3) is 8.49. The molecule has 1 aliphatic heterocycles. The van der Waals surface area contributed by atoms with Crippen LogP contribution in [0.3, 0.4) is 0 Å². The van der Waals surface area contributed by atoms with Crippen LogP contribution in [0, 0.1) is 13.3 Å². The van der Waals surface area contributed by atoms with Crippen molar-refractivity contribution in [1.29, 1.82) is 0 Å². The third-order valence-corrected chi connectivity index (χ3v) is 1.63. The second kappa shape index (κ2) is 10.6. The average Bonchev–Trinajstić information content (AvgIpc) is 2.20. The van der Waals surface area contributed by atoms with Crippen molar-refractivity contribution < 1.29 is 19.5 Å². The third-order valence-electron chi connectivity index (χ3n) is 1.63. The predicted octanol–water partition coefficient (Wildman–Crippen LogP) is 2.43. The van der Waals surface area contributed by atoms with E-state index in [0.717, 1.165) is 5.92 Å². The largest absolute Gasteiger partial charge is 0.358 e. The summed E-state index contributed by atoms with van der Waals surface area (Å²) in [6.07, 6.45) is 1.40. The molecule has 1 fully saturated rings. The van der Waals surface area contributed by atoms with Crippen LogP contribution in [0.5, 0.6) is 0 Å². The molecule has 1 nitrogen and oxygen atoms in total. The minimum atomic E-state index is 0. The van der Waals surface area contributed by atoms with Gasteiger partial charge in [-0.05, 0) is 25.9 Å². The van der Waals surface area contributed by atoms with E-state index in [4.69, 9.17) is 0 Å². The molecule has 0 aromatic rings. The van der Waals surface area contributed by atoms with Gasteiger partial charge in [0.1, 0.15) is 0 Å². The minimum Gasteiger partial charge on any atom is -0.358 e. The molecule has 0 amide bonds. The average molecular weight is 247 g/mol. The maximum atomic E-state index is 2.38. The summed E-state index contributed by atoms with van der Waals surface area (Å²) in [4.78, 5) is 2.38. The monoisotopic (exact) mass is 247 g/mol. The van der Waals surface area contributed by atoms with Crippen LogP contribution < -0.4 is 0 Å². The Bertz CT molecular complexity index is 58.6. The fraction of sp³-hybridized carbons (Fsp3) is 0.889. The van der Waals surface area contributed by atoms with Crippen molar-refractivity contribution in [2.75, 3.05) is 20.1 Å². The zero-order valence-corrected chi connectivity index (χ0v) is 10.1. The van der Waals surface area contributed by atoms with Crippen molar-refractivity contribution in [1.82, 2.24) is 4.90 Å². The number of nitrogens with zero attached hydrogens (tertiary/aromatic N) is 1. The maximum absolute atomic E-state index is 2.38. The summed E-state index contributed by atoms with van der Waals surface area (Å²) in [7, 11) is 2.18. The van der Waals surface area contributed by atoms with Crippen molar-refractivity contribution in [3.63, 3.8) is 0 Å². The van der Waals surface area contributed by atoms with E-state index in [9.17, 15) is 0 Å². The molecule has 1 heterocycles. The van der Waals surface area contributed by atoms with Crippen LogP contribution in [-0.2, 0) is 19.5 Å². The zero-order valence-electron chi connectivity index (χ0n) is 8.48. The number of rotatable bonds is 0. The molecule has 0 bridgehead atoms. The van der Waals surface area contributed by atoms with Crippen LogP contribution in [0.1, 0.15) is 27.2 Å². The molecule has 0 aromatic heterocycles. The Morgan fingerprint density at radius 3 is 1.82 bits per heavy atom. The Kier molecular flexibility index (Phi) is 16.9. The van der Waals surface area contributed by atoms with Gasteiger partial charge in [-0.25, -0.2) is 0 Å². The smallest absolute Gasteiger partial charge is 0.000445 e. The van der Waals surface area contributed by atoms with E-state index < -0.39 is 0 Å². The number of hydrogen-bond donors (Lipinski definition) is 0. The van der Waals surface area contributed by atoms with Gasteiger partial charge in [0, 0.05) is 26.0 Å². The summed E-state index contributed by atoms with van der Waals surface area (Å²) in [5.74, 6) is 0.949. The molecule has 2 heteroatoms. The molecule has 1 atom stereocenters. The Morgan fingerprint density at radius 2 is 1.73 bits per heavy atom. The maximum Gasteiger partial charge on any atom is 0.000445 e. The molecule has 0 N–H and O–H groups in total. The van der Waals surface area contributed by atoms with Gasteiger partial charge >= 0.3 is 0 Å². The summed E-state index contributed by atoms with van der Waals surface area (Å²) in [5, 5.41) is 0. The molecule has 1 rings (SSSR count). The first kappa shape index (κ1) is 17.6.